The highest BCUT2D eigenvalue weighted by molar-refractivity contribution is 5.97. The largest absolute Gasteiger partial charge is 0.397 e. The summed E-state index contributed by atoms with van der Waals surface area (Å²) in [7, 11) is 3.36. The summed E-state index contributed by atoms with van der Waals surface area (Å²) in [6.07, 6.45) is 3.26. The molecule has 1 fully saturated rings. The fourth-order valence-corrected chi connectivity index (χ4v) is 2.40. The van der Waals surface area contributed by atoms with Gasteiger partial charge in [0.1, 0.15) is 11.7 Å². The smallest absolute Gasteiger partial charge is 0.271 e. The number of likely N-dealkylation sites (tertiary alicyclic amines) is 1. The molecule has 98 valence electrons. The van der Waals surface area contributed by atoms with E-state index < -0.39 is 0 Å². The molecule has 18 heavy (non-hydrogen) atoms. The Labute approximate surface area is 106 Å². The maximum atomic E-state index is 12.4. The van der Waals surface area contributed by atoms with Crippen LogP contribution in [0.15, 0.2) is 12.3 Å². The van der Waals surface area contributed by atoms with Gasteiger partial charge in [0.15, 0.2) is 0 Å². The van der Waals surface area contributed by atoms with Crippen molar-refractivity contribution in [3.8, 4) is 0 Å². The molecule has 2 amide bonds. The second kappa shape index (κ2) is 4.72. The van der Waals surface area contributed by atoms with E-state index in [1.807, 2.05) is 0 Å². The normalized spacial score (nSPS) is 19.0. The summed E-state index contributed by atoms with van der Waals surface area (Å²) >= 11 is 0. The van der Waals surface area contributed by atoms with E-state index in [0.29, 0.717) is 24.3 Å². The van der Waals surface area contributed by atoms with Crippen molar-refractivity contribution in [1.29, 1.82) is 0 Å². The van der Waals surface area contributed by atoms with E-state index in [9.17, 15) is 9.59 Å². The molecule has 2 heterocycles. The molecule has 1 aliphatic heterocycles. The third kappa shape index (κ3) is 2.05. The second-order valence-corrected chi connectivity index (χ2v) is 4.54. The molecule has 0 bridgehead atoms. The minimum Gasteiger partial charge on any atom is -0.397 e. The number of aryl methyl sites for hydroxylation is 1. The van der Waals surface area contributed by atoms with Crippen LogP contribution in [0.2, 0.25) is 0 Å². The topological polar surface area (TPSA) is 80.4 Å². The molecule has 1 aromatic heterocycles. The van der Waals surface area contributed by atoms with Crippen LogP contribution in [-0.2, 0) is 11.8 Å². The number of hydrogen-bond donors (Lipinski definition) is 2. The lowest BCUT2D eigenvalue weighted by molar-refractivity contribution is -0.124. The van der Waals surface area contributed by atoms with Crippen LogP contribution in [-0.4, -0.2) is 40.9 Å². The van der Waals surface area contributed by atoms with Gasteiger partial charge in [-0.3, -0.25) is 9.59 Å². The number of likely N-dealkylation sites (N-methyl/N-ethyl adjacent to an activating group) is 1. The molecule has 6 nitrogen and oxygen atoms in total. The van der Waals surface area contributed by atoms with Crippen LogP contribution in [0.3, 0.4) is 0 Å². The first-order chi connectivity index (χ1) is 8.54. The lowest BCUT2D eigenvalue weighted by Gasteiger charge is -2.23. The highest BCUT2D eigenvalue weighted by atomic mass is 16.2. The molecule has 1 atom stereocenters. The molecule has 2 rings (SSSR count). The molecule has 0 aromatic carbocycles. The summed E-state index contributed by atoms with van der Waals surface area (Å²) in [6, 6.07) is 1.28. The van der Waals surface area contributed by atoms with Gasteiger partial charge in [-0.05, 0) is 18.9 Å². The molecule has 1 saturated heterocycles. The highest BCUT2D eigenvalue weighted by Crippen LogP contribution is 2.21. The van der Waals surface area contributed by atoms with Gasteiger partial charge in [0.25, 0.3) is 5.91 Å². The Morgan fingerprint density at radius 3 is 2.78 bits per heavy atom. The first-order valence-corrected chi connectivity index (χ1v) is 5.99. The van der Waals surface area contributed by atoms with E-state index in [0.717, 1.165) is 6.42 Å². The van der Waals surface area contributed by atoms with Crippen molar-refractivity contribution in [2.45, 2.75) is 18.9 Å². The molecule has 1 unspecified atom stereocenters. The van der Waals surface area contributed by atoms with E-state index in [1.165, 1.54) is 0 Å². The zero-order valence-corrected chi connectivity index (χ0v) is 10.6. The third-order valence-electron chi connectivity index (χ3n) is 3.31. The molecule has 0 saturated carbocycles. The molecule has 6 heteroatoms. The lowest BCUT2D eigenvalue weighted by atomic mass is 10.2. The van der Waals surface area contributed by atoms with Gasteiger partial charge in [0, 0.05) is 26.8 Å². The van der Waals surface area contributed by atoms with Crippen LogP contribution in [0.1, 0.15) is 23.3 Å². The number of nitrogen functional groups attached to an aromatic ring is 1. The number of nitrogens with one attached hydrogen (secondary N) is 1. The Hall–Kier alpha value is -1.98. The van der Waals surface area contributed by atoms with Crippen molar-refractivity contribution in [3.63, 3.8) is 0 Å². The predicted molar refractivity (Wildman–Crippen MR) is 68.0 cm³/mol. The van der Waals surface area contributed by atoms with E-state index in [4.69, 9.17) is 5.73 Å². The van der Waals surface area contributed by atoms with Gasteiger partial charge >= 0.3 is 0 Å². The minimum absolute atomic E-state index is 0.108. The number of carbonyl (C=O) groups is 2. The molecule has 1 aliphatic rings. The Balaban J connectivity index is 2.23. The number of amides is 2. The summed E-state index contributed by atoms with van der Waals surface area (Å²) in [4.78, 5) is 25.7. The van der Waals surface area contributed by atoms with Crippen molar-refractivity contribution in [1.82, 2.24) is 14.8 Å². The average molecular weight is 250 g/mol. The van der Waals surface area contributed by atoms with Gasteiger partial charge in [-0.25, -0.2) is 0 Å². The SMILES string of the molecule is CNC(=O)C1CCCN1C(=O)c1cc(N)cn1C. The number of rotatable bonds is 2. The van der Waals surface area contributed by atoms with Crippen LogP contribution in [0.25, 0.3) is 0 Å². The Morgan fingerprint density at radius 2 is 2.22 bits per heavy atom. The van der Waals surface area contributed by atoms with Crippen LogP contribution in [0.4, 0.5) is 5.69 Å². The minimum atomic E-state index is -0.362. The van der Waals surface area contributed by atoms with Crippen LogP contribution < -0.4 is 11.1 Å². The summed E-state index contributed by atoms with van der Waals surface area (Å²) in [5, 5.41) is 2.60. The molecular formula is C12H18N4O2. The van der Waals surface area contributed by atoms with E-state index in [2.05, 4.69) is 5.32 Å². The number of nitrogens with two attached hydrogens (primary N) is 1. The van der Waals surface area contributed by atoms with E-state index in [-0.39, 0.29) is 17.9 Å². The predicted octanol–water partition coefficient (Wildman–Crippen LogP) is -0.0421. The average Bonchev–Trinajstić information content (AvgIpc) is 2.94. The quantitative estimate of drug-likeness (QED) is 0.772. The molecule has 0 aliphatic carbocycles. The number of anilines is 1. The molecule has 0 radical (unpaired) electrons. The standard InChI is InChI=1S/C12H18N4O2/c1-14-11(17)9-4-3-5-16(9)12(18)10-6-8(13)7-15(10)2/h6-7,9H,3-5,13H2,1-2H3,(H,14,17). The van der Waals surface area contributed by atoms with Crippen molar-refractivity contribution in [3.05, 3.63) is 18.0 Å². The van der Waals surface area contributed by atoms with Gasteiger partial charge in [-0.1, -0.05) is 0 Å². The fourth-order valence-electron chi connectivity index (χ4n) is 2.40. The summed E-state index contributed by atoms with van der Waals surface area (Å²) < 4.78 is 1.69. The Kier molecular flexibility index (Phi) is 3.27. The van der Waals surface area contributed by atoms with Crippen LogP contribution in [0, 0.1) is 0 Å². The van der Waals surface area contributed by atoms with Gasteiger partial charge in [0.05, 0.1) is 5.69 Å². The van der Waals surface area contributed by atoms with Gasteiger partial charge < -0.3 is 20.5 Å². The maximum absolute atomic E-state index is 12.4. The van der Waals surface area contributed by atoms with E-state index >= 15 is 0 Å². The zero-order valence-electron chi connectivity index (χ0n) is 10.6. The number of aromatic nitrogens is 1. The highest BCUT2D eigenvalue weighted by Gasteiger charge is 2.34. The Bertz CT molecular complexity index is 480. The van der Waals surface area contributed by atoms with Crippen molar-refractivity contribution >= 4 is 17.5 Å². The fraction of sp³-hybridized carbons (Fsp3) is 0.500. The first kappa shape index (κ1) is 12.5. The van der Waals surface area contributed by atoms with E-state index in [1.54, 1.807) is 35.8 Å². The van der Waals surface area contributed by atoms with Gasteiger partial charge in [0.2, 0.25) is 5.91 Å². The molecule has 3 N–H and O–H groups in total. The maximum Gasteiger partial charge on any atom is 0.271 e. The zero-order chi connectivity index (χ0) is 13.3. The van der Waals surface area contributed by atoms with Gasteiger partial charge in [-0.15, -0.1) is 0 Å². The van der Waals surface area contributed by atoms with Crippen LogP contribution >= 0.6 is 0 Å². The van der Waals surface area contributed by atoms with Crippen molar-refractivity contribution < 1.29 is 9.59 Å². The molecule has 1 aromatic rings. The molecule has 0 spiro atoms. The van der Waals surface area contributed by atoms with Crippen molar-refractivity contribution in [2.24, 2.45) is 7.05 Å². The number of nitrogens with zero attached hydrogens (tertiary/aromatic N) is 2. The lowest BCUT2D eigenvalue weighted by Crippen LogP contribution is -2.45. The molecular weight excluding hydrogens is 232 g/mol. The monoisotopic (exact) mass is 250 g/mol. The number of hydrogen-bond acceptors (Lipinski definition) is 3. The second-order valence-electron chi connectivity index (χ2n) is 4.54. The summed E-state index contributed by atoms with van der Waals surface area (Å²) in [6.45, 7) is 0.613. The number of carbonyl (C=O) groups excluding carboxylic acids is 2. The van der Waals surface area contributed by atoms with Gasteiger partial charge in [-0.2, -0.15) is 0 Å². The Morgan fingerprint density at radius 1 is 1.50 bits per heavy atom. The van der Waals surface area contributed by atoms with Crippen molar-refractivity contribution in [2.75, 3.05) is 19.3 Å². The summed E-state index contributed by atoms with van der Waals surface area (Å²) in [5.74, 6) is -0.247. The van der Waals surface area contributed by atoms with Crippen LogP contribution in [0.5, 0.6) is 0 Å². The third-order valence-corrected chi connectivity index (χ3v) is 3.31. The summed E-state index contributed by atoms with van der Waals surface area (Å²) in [5.41, 5.74) is 6.73. The first-order valence-electron chi connectivity index (χ1n) is 5.99.